The SMILES string of the molecule is c1ccc(-c2ccc(N(c3cccc(-c4cccc5oc6ccc7oc(-c8ccccc8)nc7c6c45)c3)c3ccccc3-c3cccc4ccccc34)cc2)cc1. The fourth-order valence-corrected chi connectivity index (χ4v) is 8.27. The van der Waals surface area contributed by atoms with Crippen LogP contribution in [0.1, 0.15) is 0 Å². The second-order valence-electron chi connectivity index (χ2n) is 14.3. The van der Waals surface area contributed by atoms with Gasteiger partial charge in [-0.1, -0.05) is 146 Å². The second kappa shape index (κ2) is 13.6. The predicted octanol–water partition coefficient (Wildman–Crippen LogP) is 15.0. The Balaban J connectivity index is 1.11. The van der Waals surface area contributed by atoms with Crippen LogP contribution in [-0.2, 0) is 0 Å². The van der Waals surface area contributed by atoms with Crippen LogP contribution in [0.3, 0.4) is 0 Å². The minimum atomic E-state index is 0.589. The van der Waals surface area contributed by atoms with Crippen molar-refractivity contribution in [1.29, 1.82) is 0 Å². The molecule has 0 fully saturated rings. The zero-order chi connectivity index (χ0) is 37.7. The summed E-state index contributed by atoms with van der Waals surface area (Å²) in [5.41, 5.74) is 14.0. The number of rotatable bonds is 7. The Bertz CT molecular complexity index is 3230. The highest BCUT2D eigenvalue weighted by Gasteiger charge is 2.22. The molecule has 0 unspecified atom stereocenters. The van der Waals surface area contributed by atoms with Crippen molar-refractivity contribution in [3.8, 4) is 44.8 Å². The van der Waals surface area contributed by atoms with Crippen LogP contribution >= 0.6 is 0 Å². The molecule has 2 aromatic heterocycles. The lowest BCUT2D eigenvalue weighted by Crippen LogP contribution is -2.11. The van der Waals surface area contributed by atoms with Crippen LogP contribution in [0.15, 0.2) is 215 Å². The average molecular weight is 731 g/mol. The molecular formula is C53H34N2O2. The number of benzene rings is 9. The number of nitrogens with zero attached hydrogens (tertiary/aromatic N) is 2. The van der Waals surface area contributed by atoms with Gasteiger partial charge in [0.1, 0.15) is 16.7 Å². The van der Waals surface area contributed by atoms with E-state index >= 15 is 0 Å². The summed E-state index contributed by atoms with van der Waals surface area (Å²) in [6, 6.07) is 72.4. The van der Waals surface area contributed by atoms with E-state index in [1.807, 2.05) is 48.5 Å². The van der Waals surface area contributed by atoms with Crippen LogP contribution in [0, 0.1) is 0 Å². The number of aromatic nitrogens is 1. The number of oxazole rings is 1. The largest absolute Gasteiger partial charge is 0.456 e. The Labute approximate surface area is 329 Å². The minimum Gasteiger partial charge on any atom is -0.456 e. The Hall–Kier alpha value is -7.69. The highest BCUT2D eigenvalue weighted by molar-refractivity contribution is 6.21. The minimum absolute atomic E-state index is 0.589. The van der Waals surface area contributed by atoms with Gasteiger partial charge in [-0.15, -0.1) is 0 Å². The maximum atomic E-state index is 6.51. The fourth-order valence-electron chi connectivity index (χ4n) is 8.27. The van der Waals surface area contributed by atoms with Gasteiger partial charge in [-0.25, -0.2) is 4.98 Å². The Morgan fingerprint density at radius 1 is 0.368 bits per heavy atom. The molecule has 11 aromatic rings. The third kappa shape index (κ3) is 5.66. The first-order chi connectivity index (χ1) is 28.3. The molecule has 2 heterocycles. The lowest BCUT2D eigenvalue weighted by Gasteiger charge is -2.29. The molecular weight excluding hydrogens is 697 g/mol. The van der Waals surface area contributed by atoms with Gasteiger partial charge in [0, 0.05) is 27.9 Å². The molecule has 4 heteroatoms. The highest BCUT2D eigenvalue weighted by Crippen LogP contribution is 2.46. The standard InChI is InChI=1S/C53H34N2O2/c1-3-14-35(15-4-1)36-28-30-40(31-29-36)55(46-26-10-9-23-45(46)44-25-12-19-37-16-7-8-22-42(37)44)41-21-11-20-39(34-41)43-24-13-27-47-50(43)51-48(56-47)32-33-49-52(51)54-53(57-49)38-17-5-2-6-18-38/h1-34H. The van der Waals surface area contributed by atoms with Crippen molar-refractivity contribution >= 4 is 60.9 Å². The topological polar surface area (TPSA) is 42.4 Å². The summed E-state index contributed by atoms with van der Waals surface area (Å²) in [6.07, 6.45) is 0. The molecule has 0 atom stereocenters. The van der Waals surface area contributed by atoms with E-state index in [0.29, 0.717) is 5.89 Å². The summed E-state index contributed by atoms with van der Waals surface area (Å²) in [5, 5.41) is 4.39. The third-order valence-corrected chi connectivity index (χ3v) is 10.9. The number of fused-ring (bicyclic) bond motifs is 6. The lowest BCUT2D eigenvalue weighted by atomic mass is 9.95. The van der Waals surface area contributed by atoms with Crippen molar-refractivity contribution in [2.24, 2.45) is 0 Å². The first kappa shape index (κ1) is 32.7. The van der Waals surface area contributed by atoms with Crippen molar-refractivity contribution in [1.82, 2.24) is 4.98 Å². The first-order valence-corrected chi connectivity index (χ1v) is 19.2. The zero-order valence-electron chi connectivity index (χ0n) is 30.8. The molecule has 0 amide bonds. The van der Waals surface area contributed by atoms with E-state index in [2.05, 4.69) is 163 Å². The summed E-state index contributed by atoms with van der Waals surface area (Å²) in [5.74, 6) is 0.589. The van der Waals surface area contributed by atoms with E-state index in [1.54, 1.807) is 0 Å². The van der Waals surface area contributed by atoms with Crippen LogP contribution in [0.5, 0.6) is 0 Å². The molecule has 0 saturated carbocycles. The smallest absolute Gasteiger partial charge is 0.227 e. The maximum Gasteiger partial charge on any atom is 0.227 e. The van der Waals surface area contributed by atoms with Crippen LogP contribution in [-0.4, -0.2) is 4.98 Å². The Kier molecular flexibility index (Phi) is 7.78. The van der Waals surface area contributed by atoms with Gasteiger partial charge in [-0.3, -0.25) is 0 Å². The molecule has 0 aliphatic heterocycles. The number of anilines is 3. The Morgan fingerprint density at radius 2 is 0.982 bits per heavy atom. The predicted molar refractivity (Wildman–Crippen MR) is 235 cm³/mol. The highest BCUT2D eigenvalue weighted by atomic mass is 16.4. The molecule has 9 aromatic carbocycles. The van der Waals surface area contributed by atoms with Gasteiger partial charge in [-0.05, 0) is 99.3 Å². The molecule has 0 radical (unpaired) electrons. The van der Waals surface area contributed by atoms with Crippen LogP contribution in [0.25, 0.3) is 88.6 Å². The summed E-state index contributed by atoms with van der Waals surface area (Å²) < 4.78 is 12.8. The number of hydrogen-bond acceptors (Lipinski definition) is 4. The maximum absolute atomic E-state index is 6.51. The van der Waals surface area contributed by atoms with Gasteiger partial charge in [0.05, 0.1) is 11.1 Å². The quantitative estimate of drug-likeness (QED) is 0.164. The van der Waals surface area contributed by atoms with E-state index < -0.39 is 0 Å². The molecule has 0 spiro atoms. The van der Waals surface area contributed by atoms with E-state index in [0.717, 1.165) is 72.4 Å². The van der Waals surface area contributed by atoms with Crippen LogP contribution in [0.4, 0.5) is 17.1 Å². The fraction of sp³-hybridized carbons (Fsp3) is 0. The molecule has 57 heavy (non-hydrogen) atoms. The molecule has 0 saturated heterocycles. The van der Waals surface area contributed by atoms with Crippen LogP contribution in [0.2, 0.25) is 0 Å². The molecule has 0 aliphatic rings. The molecule has 11 rings (SSSR count). The summed E-state index contributed by atoms with van der Waals surface area (Å²) in [7, 11) is 0. The summed E-state index contributed by atoms with van der Waals surface area (Å²) >= 11 is 0. The van der Waals surface area contributed by atoms with Crippen molar-refractivity contribution in [2.45, 2.75) is 0 Å². The molecule has 0 bridgehead atoms. The van der Waals surface area contributed by atoms with Crippen molar-refractivity contribution in [3.63, 3.8) is 0 Å². The van der Waals surface area contributed by atoms with E-state index in [-0.39, 0.29) is 0 Å². The van der Waals surface area contributed by atoms with Crippen molar-refractivity contribution < 1.29 is 8.83 Å². The van der Waals surface area contributed by atoms with Gasteiger partial charge < -0.3 is 13.7 Å². The molecule has 0 N–H and O–H groups in total. The monoisotopic (exact) mass is 730 g/mol. The zero-order valence-corrected chi connectivity index (χ0v) is 30.8. The average Bonchev–Trinajstić information content (AvgIpc) is 3.90. The number of furan rings is 1. The number of hydrogen-bond donors (Lipinski definition) is 0. The van der Waals surface area contributed by atoms with Crippen molar-refractivity contribution in [3.05, 3.63) is 206 Å². The summed E-state index contributed by atoms with van der Waals surface area (Å²) in [6.45, 7) is 0. The van der Waals surface area contributed by atoms with E-state index in [1.165, 1.54) is 27.5 Å². The lowest BCUT2D eigenvalue weighted by molar-refractivity contribution is 0.619. The van der Waals surface area contributed by atoms with Gasteiger partial charge in [0.25, 0.3) is 0 Å². The third-order valence-electron chi connectivity index (χ3n) is 10.9. The normalized spacial score (nSPS) is 11.5. The van der Waals surface area contributed by atoms with Gasteiger partial charge in [0.15, 0.2) is 5.58 Å². The molecule has 0 aliphatic carbocycles. The van der Waals surface area contributed by atoms with E-state index in [9.17, 15) is 0 Å². The summed E-state index contributed by atoms with van der Waals surface area (Å²) in [4.78, 5) is 7.43. The molecule has 4 nitrogen and oxygen atoms in total. The second-order valence-corrected chi connectivity index (χ2v) is 14.3. The number of para-hydroxylation sites is 1. The first-order valence-electron chi connectivity index (χ1n) is 19.2. The van der Waals surface area contributed by atoms with Gasteiger partial charge in [-0.2, -0.15) is 0 Å². The Morgan fingerprint density at radius 3 is 1.84 bits per heavy atom. The van der Waals surface area contributed by atoms with Crippen LogP contribution < -0.4 is 4.90 Å². The van der Waals surface area contributed by atoms with Crippen molar-refractivity contribution in [2.75, 3.05) is 4.90 Å². The molecule has 268 valence electrons. The van der Waals surface area contributed by atoms with E-state index in [4.69, 9.17) is 13.8 Å². The van der Waals surface area contributed by atoms with Gasteiger partial charge >= 0.3 is 0 Å². The van der Waals surface area contributed by atoms with Gasteiger partial charge in [0.2, 0.25) is 5.89 Å².